The summed E-state index contributed by atoms with van der Waals surface area (Å²) >= 11 is 0. The van der Waals surface area contributed by atoms with Crippen molar-refractivity contribution in [2.24, 2.45) is 0 Å². The smallest absolute Gasteiger partial charge is 0.0785 e. The third kappa shape index (κ3) is 4.79. The van der Waals surface area contributed by atoms with Crippen LogP contribution < -0.4 is 0 Å². The number of benzene rings is 8. The molecule has 12 aromatic rings. The summed E-state index contributed by atoms with van der Waals surface area (Å²) in [6.07, 6.45) is 0.829. The van der Waals surface area contributed by atoms with Gasteiger partial charge in [0, 0.05) is 76.6 Å². The lowest BCUT2D eigenvalue weighted by Gasteiger charge is -2.30. The fourth-order valence-corrected chi connectivity index (χ4v) is 10.9. The largest absolute Gasteiger partial charge is 0.334 e. The maximum atomic E-state index is 2.65. The Labute approximate surface area is 349 Å². The van der Waals surface area contributed by atoms with Crippen LogP contribution in [0.1, 0.15) is 40.2 Å². The molecule has 12 rings (SSSR count). The summed E-state index contributed by atoms with van der Waals surface area (Å²) in [7, 11) is 0. The molecule has 0 atom stereocenters. The molecule has 4 heterocycles. The van der Waals surface area contributed by atoms with E-state index < -0.39 is 0 Å². The Morgan fingerprint density at radius 2 is 0.817 bits per heavy atom. The molecule has 0 aliphatic heterocycles. The normalized spacial score (nSPS) is 12.8. The molecule has 0 radical (unpaired) electrons. The summed E-state index contributed by atoms with van der Waals surface area (Å²) in [4.78, 5) is 0. The second-order valence-electron chi connectivity index (χ2n) is 18.3. The molecule has 4 aromatic heterocycles. The van der Waals surface area contributed by atoms with Crippen LogP contribution in [0.3, 0.4) is 0 Å². The van der Waals surface area contributed by atoms with Gasteiger partial charge in [-0.05, 0) is 107 Å². The van der Waals surface area contributed by atoms with Gasteiger partial charge in [-0.3, -0.25) is 0 Å². The molecular weight excluding hydrogens is 729 g/mol. The maximum Gasteiger partial charge on any atom is 0.0785 e. The molecule has 4 heteroatoms. The van der Waals surface area contributed by atoms with Gasteiger partial charge in [-0.25, -0.2) is 0 Å². The number of para-hydroxylation sites is 6. The first-order valence-corrected chi connectivity index (χ1v) is 21.3. The molecule has 290 valence electrons. The zero-order chi connectivity index (χ0) is 40.5. The number of rotatable bonds is 5. The van der Waals surface area contributed by atoms with Gasteiger partial charge in [0.05, 0.1) is 33.1 Å². The molecule has 0 spiro atoms. The predicted molar refractivity (Wildman–Crippen MR) is 256 cm³/mol. The lowest BCUT2D eigenvalue weighted by Crippen LogP contribution is -2.29. The van der Waals surface area contributed by atoms with E-state index in [1.807, 2.05) is 0 Å². The molecule has 0 saturated carbocycles. The van der Waals surface area contributed by atoms with Gasteiger partial charge in [-0.15, -0.1) is 0 Å². The average Bonchev–Trinajstić information content (AvgIpc) is 3.99. The minimum atomic E-state index is -0.331. The Kier molecular flexibility index (Phi) is 7.27. The summed E-state index contributed by atoms with van der Waals surface area (Å²) in [5, 5.41) is 10.3. The van der Waals surface area contributed by atoms with E-state index in [0.29, 0.717) is 0 Å². The predicted octanol–water partition coefficient (Wildman–Crippen LogP) is 14.8. The van der Waals surface area contributed by atoms with Gasteiger partial charge in [0.2, 0.25) is 0 Å². The standard InChI is InChI=1S/C56H46N4/c1-55(2,3)60-48-31-19-14-26-42(48)50-36(34-44-40-25-13-17-29-46(40)58(53(44)54(50)60)38-22-10-7-11-23-38)35-56(4,5)59-47-30-18-15-27-43(47)51-49(59)33-32-41-39-24-12-16-28-45(39)57(52(41)51)37-20-8-6-9-21-37/h6-34H,35H2,1-5H3. The summed E-state index contributed by atoms with van der Waals surface area (Å²) in [6, 6.07) is 65.1. The molecule has 0 saturated heterocycles. The highest BCUT2D eigenvalue weighted by Crippen LogP contribution is 2.47. The van der Waals surface area contributed by atoms with Crippen molar-refractivity contribution in [2.75, 3.05) is 0 Å². The first-order valence-electron chi connectivity index (χ1n) is 21.3. The Morgan fingerprint density at radius 1 is 0.350 bits per heavy atom. The van der Waals surface area contributed by atoms with Crippen molar-refractivity contribution in [2.45, 2.75) is 52.1 Å². The van der Waals surface area contributed by atoms with E-state index in [2.05, 4.69) is 229 Å². The van der Waals surface area contributed by atoms with E-state index in [1.165, 1.54) is 104 Å². The summed E-state index contributed by atoms with van der Waals surface area (Å²) in [5.74, 6) is 0. The van der Waals surface area contributed by atoms with Crippen LogP contribution in [0.2, 0.25) is 0 Å². The summed E-state index contributed by atoms with van der Waals surface area (Å²) in [5.41, 5.74) is 13.2. The van der Waals surface area contributed by atoms with Crippen molar-refractivity contribution in [1.82, 2.24) is 18.3 Å². The van der Waals surface area contributed by atoms with Gasteiger partial charge in [-0.1, -0.05) is 115 Å². The van der Waals surface area contributed by atoms with Gasteiger partial charge in [0.15, 0.2) is 0 Å². The molecule has 0 N–H and O–H groups in total. The van der Waals surface area contributed by atoms with Gasteiger partial charge >= 0.3 is 0 Å². The highest BCUT2D eigenvalue weighted by Gasteiger charge is 2.32. The highest BCUT2D eigenvalue weighted by molar-refractivity contribution is 6.27. The molecule has 4 nitrogen and oxygen atoms in total. The fourth-order valence-electron chi connectivity index (χ4n) is 10.9. The molecular formula is C56H46N4. The van der Waals surface area contributed by atoms with Crippen molar-refractivity contribution in [3.63, 3.8) is 0 Å². The van der Waals surface area contributed by atoms with E-state index in [-0.39, 0.29) is 11.1 Å². The third-order valence-corrected chi connectivity index (χ3v) is 13.1. The molecule has 0 bridgehead atoms. The monoisotopic (exact) mass is 774 g/mol. The average molecular weight is 775 g/mol. The van der Waals surface area contributed by atoms with Crippen LogP contribution in [-0.4, -0.2) is 18.3 Å². The Balaban J connectivity index is 1.19. The van der Waals surface area contributed by atoms with Crippen molar-refractivity contribution >= 4 is 87.2 Å². The van der Waals surface area contributed by atoms with Crippen molar-refractivity contribution in [3.8, 4) is 11.4 Å². The SMILES string of the molecule is CC(C)(C)n1c2ccccc2c2c(CC(C)(C)n3c4ccccc4c4c5c(ccc43)c3ccccc3n5-c3ccccc3)cc3c4ccccc4n(-c4ccccc4)c3c21. The summed E-state index contributed by atoms with van der Waals surface area (Å²) < 4.78 is 10.3. The quantitative estimate of drug-likeness (QED) is 0.166. The van der Waals surface area contributed by atoms with Crippen LogP contribution >= 0.6 is 0 Å². The van der Waals surface area contributed by atoms with Gasteiger partial charge < -0.3 is 18.3 Å². The number of hydrogen-bond donors (Lipinski definition) is 0. The Bertz CT molecular complexity index is 3680. The molecule has 0 unspecified atom stereocenters. The van der Waals surface area contributed by atoms with E-state index in [0.717, 1.165) is 6.42 Å². The maximum absolute atomic E-state index is 2.65. The molecule has 60 heavy (non-hydrogen) atoms. The topological polar surface area (TPSA) is 19.7 Å². The van der Waals surface area contributed by atoms with Crippen molar-refractivity contribution in [1.29, 1.82) is 0 Å². The Morgan fingerprint density at radius 3 is 1.40 bits per heavy atom. The minimum absolute atomic E-state index is 0.185. The zero-order valence-electron chi connectivity index (χ0n) is 34.7. The van der Waals surface area contributed by atoms with Crippen molar-refractivity contribution < 1.29 is 0 Å². The Hall–Kier alpha value is -7.04. The van der Waals surface area contributed by atoms with E-state index in [1.54, 1.807) is 0 Å². The lowest BCUT2D eigenvalue weighted by molar-refractivity contribution is 0.377. The fraction of sp³-hybridized carbons (Fsp3) is 0.143. The van der Waals surface area contributed by atoms with Crippen molar-refractivity contribution in [3.05, 3.63) is 181 Å². The molecule has 8 aromatic carbocycles. The molecule has 0 aliphatic carbocycles. The third-order valence-electron chi connectivity index (χ3n) is 13.1. The van der Waals surface area contributed by atoms with E-state index in [9.17, 15) is 0 Å². The zero-order valence-corrected chi connectivity index (χ0v) is 34.7. The first-order chi connectivity index (χ1) is 29.2. The number of nitrogens with zero attached hydrogens (tertiary/aromatic N) is 4. The lowest BCUT2D eigenvalue weighted by atomic mass is 9.90. The molecule has 0 aliphatic rings. The van der Waals surface area contributed by atoms with E-state index in [4.69, 9.17) is 0 Å². The second kappa shape index (κ2) is 12.5. The number of fused-ring (bicyclic) bond motifs is 14. The van der Waals surface area contributed by atoms with Gasteiger partial charge in [0.25, 0.3) is 0 Å². The minimum Gasteiger partial charge on any atom is -0.334 e. The molecule has 0 amide bonds. The van der Waals surface area contributed by atoms with Gasteiger partial charge in [-0.2, -0.15) is 0 Å². The van der Waals surface area contributed by atoms with Crippen LogP contribution in [0, 0.1) is 0 Å². The molecule has 0 fully saturated rings. The highest BCUT2D eigenvalue weighted by atomic mass is 15.1. The number of hydrogen-bond acceptors (Lipinski definition) is 0. The van der Waals surface area contributed by atoms with E-state index >= 15 is 0 Å². The van der Waals surface area contributed by atoms with Crippen LogP contribution in [0.25, 0.3) is 98.6 Å². The van der Waals surface area contributed by atoms with Crippen LogP contribution in [0.5, 0.6) is 0 Å². The second-order valence-corrected chi connectivity index (χ2v) is 18.3. The summed E-state index contributed by atoms with van der Waals surface area (Å²) in [6.45, 7) is 11.9. The number of aromatic nitrogens is 4. The van der Waals surface area contributed by atoms with Crippen LogP contribution in [0.15, 0.2) is 176 Å². The van der Waals surface area contributed by atoms with Crippen LogP contribution in [-0.2, 0) is 17.5 Å². The van der Waals surface area contributed by atoms with Gasteiger partial charge in [0.1, 0.15) is 0 Å². The first kappa shape index (κ1) is 35.0. The van der Waals surface area contributed by atoms with Crippen LogP contribution in [0.4, 0.5) is 0 Å².